The van der Waals surface area contributed by atoms with Gasteiger partial charge in [-0.05, 0) is 47.7 Å². The van der Waals surface area contributed by atoms with Gasteiger partial charge in [0.1, 0.15) is 0 Å². The van der Waals surface area contributed by atoms with Gasteiger partial charge in [0.25, 0.3) is 9.84 Å². The van der Waals surface area contributed by atoms with Crippen LogP contribution in [0, 0.1) is 19.1 Å². The molecule has 39 heavy (non-hydrogen) atoms. The van der Waals surface area contributed by atoms with Crippen molar-refractivity contribution in [3.63, 3.8) is 0 Å². The van der Waals surface area contributed by atoms with Crippen LogP contribution in [0.2, 0.25) is 0 Å². The van der Waals surface area contributed by atoms with Crippen molar-refractivity contribution in [1.82, 2.24) is 9.97 Å². The molecule has 4 aromatic rings. The number of alkyl halides is 3. The van der Waals surface area contributed by atoms with Crippen LogP contribution in [0.25, 0.3) is 22.5 Å². The molecule has 9 heteroatoms. The molecule has 5 rings (SSSR count). The molecule has 3 heterocycles. The van der Waals surface area contributed by atoms with E-state index in [4.69, 9.17) is 9.97 Å². The Labute approximate surface area is 240 Å². The fourth-order valence-corrected chi connectivity index (χ4v) is 5.45. The van der Waals surface area contributed by atoms with Gasteiger partial charge < -0.3 is 9.97 Å². The normalized spacial score (nSPS) is 15.6. The van der Waals surface area contributed by atoms with Crippen molar-refractivity contribution >= 4 is 9.84 Å². The van der Waals surface area contributed by atoms with E-state index in [0.29, 0.717) is 22.6 Å². The van der Waals surface area contributed by atoms with E-state index in [9.17, 15) is 21.6 Å². The number of rotatable bonds is 1. The Bertz CT molecular complexity index is 1700. The Morgan fingerprint density at radius 1 is 0.744 bits per heavy atom. The second-order valence-electron chi connectivity index (χ2n) is 10.6. The number of pyridine rings is 2. The number of aryl methyl sites for hydroxylation is 1. The molecule has 204 valence electrons. The predicted octanol–water partition coefficient (Wildman–Crippen LogP) is 6.98. The van der Waals surface area contributed by atoms with Gasteiger partial charge in [-0.2, -0.15) is 13.2 Å². The van der Waals surface area contributed by atoms with Crippen molar-refractivity contribution < 1.29 is 42.7 Å². The second-order valence-corrected chi connectivity index (χ2v) is 12.6. The fraction of sp³-hybridized carbons (Fsp3) is 0.267. The monoisotopic (exact) mass is 729 g/mol. The van der Waals surface area contributed by atoms with Gasteiger partial charge in [0.15, 0.2) is 0 Å². The first-order valence-electron chi connectivity index (χ1n) is 12.0. The quantitative estimate of drug-likeness (QED) is 0.199. The molecular formula is C30H25F3N2O2PtS. The van der Waals surface area contributed by atoms with Gasteiger partial charge in [-0.3, -0.25) is 0 Å². The molecule has 8 bridgehead atoms. The fourth-order valence-electron chi connectivity index (χ4n) is 4.64. The molecule has 0 unspecified atom stereocenters. The summed E-state index contributed by atoms with van der Waals surface area (Å²) >= 11 is 0. The van der Waals surface area contributed by atoms with Crippen molar-refractivity contribution in [2.75, 3.05) is 0 Å². The number of halogens is 3. The molecule has 0 saturated carbocycles. The summed E-state index contributed by atoms with van der Waals surface area (Å²) in [5.74, 6) is 0. The average molecular weight is 730 g/mol. The third kappa shape index (κ3) is 4.98. The van der Waals surface area contributed by atoms with Gasteiger partial charge in [0.05, 0.1) is 0 Å². The minimum absolute atomic E-state index is 0. The van der Waals surface area contributed by atoms with Gasteiger partial charge in [0.2, 0.25) is 0 Å². The smallest absolute Gasteiger partial charge is 0.300 e. The van der Waals surface area contributed by atoms with Crippen LogP contribution in [-0.2, 0) is 41.7 Å². The molecule has 0 atom stereocenters. The maximum absolute atomic E-state index is 13.7. The van der Waals surface area contributed by atoms with E-state index in [1.165, 1.54) is 0 Å². The van der Waals surface area contributed by atoms with Crippen LogP contribution >= 0.6 is 0 Å². The number of fused-ring (bicyclic) bond motifs is 10. The molecule has 0 amide bonds. The largest absolute Gasteiger partial charge is 2.00 e. The van der Waals surface area contributed by atoms with Crippen LogP contribution < -0.4 is 0 Å². The van der Waals surface area contributed by atoms with E-state index in [1.807, 2.05) is 71.0 Å². The first kappa shape index (κ1) is 29.2. The molecule has 2 aromatic carbocycles. The maximum Gasteiger partial charge on any atom is 2.00 e. The van der Waals surface area contributed by atoms with Crippen LogP contribution in [-0.4, -0.2) is 23.9 Å². The summed E-state index contributed by atoms with van der Waals surface area (Å²) in [6.07, 6.45) is 0. The molecule has 4 nitrogen and oxygen atoms in total. The maximum atomic E-state index is 13.7. The van der Waals surface area contributed by atoms with Crippen LogP contribution in [0.1, 0.15) is 55.8 Å². The van der Waals surface area contributed by atoms with E-state index >= 15 is 0 Å². The molecule has 0 fully saturated rings. The minimum Gasteiger partial charge on any atom is -0.300 e. The molecule has 1 aliphatic heterocycles. The van der Waals surface area contributed by atoms with Gasteiger partial charge in [0, 0.05) is 16.8 Å². The number of hydrogen-bond acceptors (Lipinski definition) is 4. The molecular weight excluding hydrogens is 704 g/mol. The Hall–Kier alpha value is -2.83. The van der Waals surface area contributed by atoms with Gasteiger partial charge in [-0.15, -0.1) is 64.2 Å². The van der Waals surface area contributed by atoms with Crippen LogP contribution in [0.15, 0.2) is 65.6 Å². The number of hydrogen-bond donors (Lipinski definition) is 0. The van der Waals surface area contributed by atoms with Crippen molar-refractivity contribution in [1.29, 1.82) is 0 Å². The van der Waals surface area contributed by atoms with E-state index in [-0.39, 0.29) is 32.2 Å². The molecule has 2 aromatic heterocycles. The topological polar surface area (TPSA) is 59.9 Å². The van der Waals surface area contributed by atoms with Gasteiger partial charge >= 0.3 is 26.6 Å². The summed E-state index contributed by atoms with van der Waals surface area (Å²) in [6.45, 7) is 9.47. The first-order valence-corrected chi connectivity index (χ1v) is 13.5. The van der Waals surface area contributed by atoms with Crippen molar-refractivity contribution in [2.45, 2.75) is 55.9 Å². The molecule has 0 radical (unpaired) electrons. The molecule has 0 aliphatic carbocycles. The molecule has 0 N–H and O–H groups in total. The van der Waals surface area contributed by atoms with Gasteiger partial charge in [-0.1, -0.05) is 45.0 Å². The first-order chi connectivity index (χ1) is 17.6. The summed E-state index contributed by atoms with van der Waals surface area (Å²) in [4.78, 5) is 8.86. The Morgan fingerprint density at radius 3 is 1.74 bits per heavy atom. The van der Waals surface area contributed by atoms with E-state index in [2.05, 4.69) is 12.1 Å². The Kier molecular flexibility index (Phi) is 7.23. The molecule has 1 aliphatic rings. The summed E-state index contributed by atoms with van der Waals surface area (Å²) in [7, 11) is -5.63. The average Bonchev–Trinajstić information content (AvgIpc) is 2.87. The van der Waals surface area contributed by atoms with Crippen LogP contribution in [0.3, 0.4) is 0 Å². The molecule has 0 spiro atoms. The minimum atomic E-state index is -5.63. The van der Waals surface area contributed by atoms with E-state index < -0.39 is 31.1 Å². The Balaban J connectivity index is 0.00000353. The summed E-state index contributed by atoms with van der Waals surface area (Å²) in [5.41, 5.74) is -1.95. The predicted molar refractivity (Wildman–Crippen MR) is 139 cm³/mol. The summed E-state index contributed by atoms with van der Waals surface area (Å²) in [5, 5.41) is 0. The number of benzene rings is 2. The number of sulfone groups is 1. The van der Waals surface area contributed by atoms with Crippen molar-refractivity contribution in [3.05, 3.63) is 101 Å². The second kappa shape index (κ2) is 9.67. The zero-order chi connectivity index (χ0) is 27.7. The zero-order valence-corrected chi connectivity index (χ0v) is 24.9. The SMILES string of the molecule is Cc1cc2[c-]c(c1)C(C)(C)c1[c-]c(cc(S(=O)(=O)C(F)(F)F)c1)-c1cccc(n1)C(C)(C)c1cccc-2n1.[Pt+2]. The van der Waals surface area contributed by atoms with E-state index in [0.717, 1.165) is 29.0 Å². The standard InChI is InChI=1S/C30H25F3N2O2S.Pt/c1-18-12-19-14-21(13-18)28(2,3)22-15-20(16-23(17-22)38(36,37)30(31,32)33)25-9-7-11-27(35-25)29(4,5)26-10-6-8-24(19)34-26;/h6-13,16-17H,1-5H3;/q-2;+2. The molecule has 0 saturated heterocycles. The Morgan fingerprint density at radius 2 is 1.23 bits per heavy atom. The zero-order valence-electron chi connectivity index (χ0n) is 21.8. The summed E-state index contributed by atoms with van der Waals surface area (Å²) < 4.78 is 66.2. The van der Waals surface area contributed by atoms with E-state index in [1.54, 1.807) is 12.1 Å². The van der Waals surface area contributed by atoms with Crippen molar-refractivity contribution in [3.8, 4) is 22.5 Å². The van der Waals surface area contributed by atoms with Gasteiger partial charge in [-0.25, -0.2) is 8.42 Å². The third-order valence-corrected chi connectivity index (χ3v) is 8.61. The van der Waals surface area contributed by atoms with Crippen LogP contribution in [0.5, 0.6) is 0 Å². The van der Waals surface area contributed by atoms with Crippen molar-refractivity contribution in [2.24, 2.45) is 0 Å². The third-order valence-electron chi connectivity index (χ3n) is 7.15. The number of aromatic nitrogens is 2. The van der Waals surface area contributed by atoms with Crippen LogP contribution in [0.4, 0.5) is 13.2 Å². The summed E-state index contributed by atoms with van der Waals surface area (Å²) in [6, 6.07) is 23.4. The number of nitrogens with zero attached hydrogens (tertiary/aromatic N) is 2.